The second-order valence-electron chi connectivity index (χ2n) is 4.65. The average Bonchev–Trinajstić information content (AvgIpc) is 2.44. The van der Waals surface area contributed by atoms with Gasteiger partial charge in [0.1, 0.15) is 0 Å². The maximum Gasteiger partial charge on any atom is 0.191 e. The lowest BCUT2D eigenvalue weighted by atomic mass is 10.1. The van der Waals surface area contributed by atoms with Gasteiger partial charge < -0.3 is 15.5 Å². The molecule has 1 atom stereocenters. The van der Waals surface area contributed by atoms with Crippen LogP contribution in [-0.4, -0.2) is 45.1 Å². The van der Waals surface area contributed by atoms with Crippen LogP contribution in [-0.2, 0) is 0 Å². The monoisotopic (exact) mass is 422 g/mol. The summed E-state index contributed by atoms with van der Waals surface area (Å²) >= 11 is 5.94. The fraction of sp³-hybridized carbons (Fsp3) is 0.400. The molecule has 0 heterocycles. The number of likely N-dealkylation sites (N-methyl/N-ethyl adjacent to an activating group) is 1. The normalized spacial score (nSPS) is 12.5. The third kappa shape index (κ3) is 7.15. The van der Waals surface area contributed by atoms with Gasteiger partial charge in [-0.2, -0.15) is 0 Å². The van der Waals surface area contributed by atoms with Crippen molar-refractivity contribution in [3.8, 4) is 0 Å². The van der Waals surface area contributed by atoms with Crippen molar-refractivity contribution < 1.29 is 0 Å². The van der Waals surface area contributed by atoms with E-state index in [-0.39, 0.29) is 30.0 Å². The molecule has 0 bridgehead atoms. The lowest BCUT2D eigenvalue weighted by Crippen LogP contribution is -2.41. The minimum absolute atomic E-state index is 0. The summed E-state index contributed by atoms with van der Waals surface area (Å²) in [5, 5.41) is 7.22. The molecule has 1 rings (SSSR count). The predicted octanol–water partition coefficient (Wildman–Crippen LogP) is 2.91. The van der Waals surface area contributed by atoms with Crippen LogP contribution < -0.4 is 10.6 Å². The number of nitrogens with zero attached hydrogens (tertiary/aromatic N) is 2. The summed E-state index contributed by atoms with van der Waals surface area (Å²) in [7, 11) is 5.87. The van der Waals surface area contributed by atoms with Gasteiger partial charge in [0.15, 0.2) is 5.96 Å². The van der Waals surface area contributed by atoms with Crippen molar-refractivity contribution in [3.63, 3.8) is 0 Å². The van der Waals surface area contributed by atoms with Gasteiger partial charge >= 0.3 is 0 Å². The maximum absolute atomic E-state index is 5.94. The van der Waals surface area contributed by atoms with E-state index in [0.29, 0.717) is 6.54 Å². The molecular formula is C15H24ClIN4. The van der Waals surface area contributed by atoms with Gasteiger partial charge in [0.05, 0.1) is 6.04 Å². The molecule has 0 spiro atoms. The summed E-state index contributed by atoms with van der Waals surface area (Å²) in [6.45, 7) is 5.12. The highest BCUT2D eigenvalue weighted by molar-refractivity contribution is 14.0. The Morgan fingerprint density at radius 1 is 1.33 bits per heavy atom. The SMILES string of the molecule is C=CCNC(=NC)NCC(c1ccc(Cl)cc1)N(C)C.I. The van der Waals surface area contributed by atoms with Gasteiger partial charge in [-0.05, 0) is 31.8 Å². The highest BCUT2D eigenvalue weighted by Crippen LogP contribution is 2.19. The number of aliphatic imine (C=N–C) groups is 1. The van der Waals surface area contributed by atoms with Crippen molar-refractivity contribution in [2.45, 2.75) is 6.04 Å². The van der Waals surface area contributed by atoms with Crippen molar-refractivity contribution in [2.24, 2.45) is 4.99 Å². The molecule has 0 aliphatic heterocycles. The Labute approximate surface area is 149 Å². The van der Waals surface area contributed by atoms with E-state index in [0.717, 1.165) is 17.5 Å². The van der Waals surface area contributed by atoms with Gasteiger partial charge in [-0.15, -0.1) is 30.6 Å². The number of benzene rings is 1. The van der Waals surface area contributed by atoms with Crippen molar-refractivity contribution >= 4 is 41.5 Å². The number of hydrogen-bond acceptors (Lipinski definition) is 2. The Morgan fingerprint density at radius 2 is 1.95 bits per heavy atom. The smallest absolute Gasteiger partial charge is 0.191 e. The van der Waals surface area contributed by atoms with Crippen LogP contribution in [0.25, 0.3) is 0 Å². The van der Waals surface area contributed by atoms with Crippen LogP contribution in [0.4, 0.5) is 0 Å². The molecule has 0 saturated carbocycles. The lowest BCUT2D eigenvalue weighted by Gasteiger charge is -2.26. The van der Waals surface area contributed by atoms with E-state index in [9.17, 15) is 0 Å². The van der Waals surface area contributed by atoms with Crippen LogP contribution in [0.3, 0.4) is 0 Å². The molecule has 0 saturated heterocycles. The minimum atomic E-state index is 0. The Morgan fingerprint density at radius 3 is 2.43 bits per heavy atom. The fourth-order valence-electron chi connectivity index (χ4n) is 1.87. The molecule has 2 N–H and O–H groups in total. The van der Waals surface area contributed by atoms with Gasteiger partial charge in [-0.1, -0.05) is 29.8 Å². The highest BCUT2D eigenvalue weighted by Gasteiger charge is 2.14. The molecule has 0 aliphatic rings. The second-order valence-corrected chi connectivity index (χ2v) is 5.09. The van der Waals surface area contributed by atoms with E-state index in [2.05, 4.69) is 53.3 Å². The van der Waals surface area contributed by atoms with E-state index in [1.165, 1.54) is 5.56 Å². The molecule has 1 aromatic rings. The first-order valence-corrected chi connectivity index (χ1v) is 6.93. The number of hydrogen-bond donors (Lipinski definition) is 2. The van der Waals surface area contributed by atoms with Gasteiger partial charge in [0.25, 0.3) is 0 Å². The lowest BCUT2D eigenvalue weighted by molar-refractivity contribution is 0.298. The summed E-state index contributed by atoms with van der Waals surface area (Å²) in [6, 6.07) is 8.18. The highest BCUT2D eigenvalue weighted by atomic mass is 127. The van der Waals surface area contributed by atoms with Crippen LogP contribution in [0.15, 0.2) is 41.9 Å². The van der Waals surface area contributed by atoms with E-state index < -0.39 is 0 Å². The Kier molecular flexibility index (Phi) is 10.5. The maximum atomic E-state index is 5.94. The van der Waals surface area contributed by atoms with Crippen molar-refractivity contribution in [1.82, 2.24) is 15.5 Å². The van der Waals surface area contributed by atoms with Crippen molar-refractivity contribution in [2.75, 3.05) is 34.2 Å². The Hall–Kier alpha value is -0.790. The molecule has 1 unspecified atom stereocenters. The zero-order chi connectivity index (χ0) is 15.0. The van der Waals surface area contributed by atoms with Crippen LogP contribution in [0, 0.1) is 0 Å². The Bertz CT molecular complexity index is 445. The summed E-state index contributed by atoms with van der Waals surface area (Å²) in [6.07, 6.45) is 1.80. The minimum Gasteiger partial charge on any atom is -0.354 e. The van der Waals surface area contributed by atoms with Crippen molar-refractivity contribution in [3.05, 3.63) is 47.5 Å². The molecule has 1 aromatic carbocycles. The standard InChI is InChI=1S/C15H23ClN4.HI/c1-5-10-18-15(17-2)19-11-14(20(3)4)12-6-8-13(16)9-7-12;/h5-9,14H,1,10-11H2,2-4H3,(H2,17,18,19);1H. The number of rotatable bonds is 6. The number of halogens is 2. The third-order valence-electron chi connectivity index (χ3n) is 2.98. The van der Waals surface area contributed by atoms with Crippen LogP contribution in [0.5, 0.6) is 0 Å². The first kappa shape index (κ1) is 20.2. The zero-order valence-corrected chi connectivity index (χ0v) is 15.9. The first-order chi connectivity index (χ1) is 9.58. The summed E-state index contributed by atoms with van der Waals surface area (Å²) < 4.78 is 0. The molecule has 4 nitrogen and oxygen atoms in total. The zero-order valence-electron chi connectivity index (χ0n) is 12.8. The average molecular weight is 423 g/mol. The predicted molar refractivity (Wildman–Crippen MR) is 103 cm³/mol. The van der Waals surface area contributed by atoms with Gasteiger partial charge in [0.2, 0.25) is 0 Å². The molecule has 21 heavy (non-hydrogen) atoms. The Balaban J connectivity index is 0.00000400. The molecular weight excluding hydrogens is 399 g/mol. The van der Waals surface area contributed by atoms with Crippen LogP contribution in [0.1, 0.15) is 11.6 Å². The molecule has 0 aliphatic carbocycles. The fourth-order valence-corrected chi connectivity index (χ4v) is 1.99. The van der Waals surface area contributed by atoms with E-state index in [1.54, 1.807) is 13.1 Å². The van der Waals surface area contributed by atoms with Gasteiger partial charge in [-0.25, -0.2) is 0 Å². The van der Waals surface area contributed by atoms with E-state index in [1.807, 2.05) is 12.1 Å². The molecule has 0 amide bonds. The van der Waals surface area contributed by atoms with Gasteiger partial charge in [0, 0.05) is 25.2 Å². The number of guanidine groups is 1. The molecule has 118 valence electrons. The molecule has 0 fully saturated rings. The van der Waals surface area contributed by atoms with Crippen LogP contribution >= 0.6 is 35.6 Å². The largest absolute Gasteiger partial charge is 0.354 e. The van der Waals surface area contributed by atoms with E-state index >= 15 is 0 Å². The topological polar surface area (TPSA) is 39.7 Å². The molecule has 6 heteroatoms. The van der Waals surface area contributed by atoms with Crippen molar-refractivity contribution in [1.29, 1.82) is 0 Å². The molecule has 0 radical (unpaired) electrons. The van der Waals surface area contributed by atoms with E-state index in [4.69, 9.17) is 11.6 Å². The van der Waals surface area contributed by atoms with Crippen LogP contribution in [0.2, 0.25) is 5.02 Å². The quantitative estimate of drug-likeness (QED) is 0.320. The second kappa shape index (κ2) is 10.9. The summed E-state index contributed by atoms with van der Waals surface area (Å²) in [5.41, 5.74) is 1.21. The first-order valence-electron chi connectivity index (χ1n) is 6.55. The van der Waals surface area contributed by atoms with Gasteiger partial charge in [-0.3, -0.25) is 4.99 Å². The summed E-state index contributed by atoms with van der Waals surface area (Å²) in [4.78, 5) is 6.34. The summed E-state index contributed by atoms with van der Waals surface area (Å²) in [5.74, 6) is 0.769. The third-order valence-corrected chi connectivity index (χ3v) is 3.23. The molecule has 0 aromatic heterocycles. The number of nitrogens with one attached hydrogen (secondary N) is 2.